The van der Waals surface area contributed by atoms with Crippen molar-refractivity contribution in [1.82, 2.24) is 20.0 Å². The summed E-state index contributed by atoms with van der Waals surface area (Å²) in [7, 11) is 0. The Morgan fingerprint density at radius 1 is 1.55 bits per heavy atom. The average Bonchev–Trinajstić information content (AvgIpc) is 3.15. The van der Waals surface area contributed by atoms with Crippen LogP contribution >= 0.6 is 11.3 Å². The molecule has 1 aliphatic heterocycles. The minimum Gasteiger partial charge on any atom is -0.347 e. The summed E-state index contributed by atoms with van der Waals surface area (Å²) < 4.78 is 1.89. The Morgan fingerprint density at radius 2 is 2.41 bits per heavy atom. The minimum absolute atomic E-state index is 0.0147. The van der Waals surface area contributed by atoms with Crippen molar-refractivity contribution in [3.63, 3.8) is 0 Å². The number of rotatable bonds is 3. The Kier molecular flexibility index (Phi) is 3.46. The molecule has 3 heterocycles. The molecule has 22 heavy (non-hydrogen) atoms. The van der Waals surface area contributed by atoms with Crippen LogP contribution in [0, 0.1) is 18.8 Å². The fraction of sp³-hybridized carbons (Fsp3) is 0.625. The fourth-order valence-corrected chi connectivity index (χ4v) is 5.07. The second-order valence-corrected chi connectivity index (χ2v) is 7.53. The van der Waals surface area contributed by atoms with Gasteiger partial charge in [-0.25, -0.2) is 4.98 Å². The number of hydrogen-bond donors (Lipinski definition) is 2. The van der Waals surface area contributed by atoms with E-state index >= 15 is 0 Å². The standard InChI is InChI=1S/C16H22N4OS/c1-9(13-12-5-3-4-11(12)8-17-13)18-15(21)14-10(2)19-16-20(14)6-7-22-16/h6-7,9,11-13,17H,3-5,8H2,1-2H3,(H,18,21)/t9-,11?,12?,13?/m0/s1. The molecule has 118 valence electrons. The highest BCUT2D eigenvalue weighted by atomic mass is 32.1. The van der Waals surface area contributed by atoms with Gasteiger partial charge in [0, 0.05) is 23.7 Å². The van der Waals surface area contributed by atoms with E-state index in [1.807, 2.05) is 22.9 Å². The van der Waals surface area contributed by atoms with Crippen molar-refractivity contribution in [2.75, 3.05) is 6.54 Å². The number of aryl methyl sites for hydroxylation is 1. The predicted molar refractivity (Wildman–Crippen MR) is 87.4 cm³/mol. The van der Waals surface area contributed by atoms with E-state index in [0.29, 0.717) is 11.7 Å². The smallest absolute Gasteiger partial charge is 0.270 e. The van der Waals surface area contributed by atoms with Crippen molar-refractivity contribution in [1.29, 1.82) is 0 Å². The van der Waals surface area contributed by atoms with E-state index in [4.69, 9.17) is 0 Å². The van der Waals surface area contributed by atoms with Gasteiger partial charge in [-0.2, -0.15) is 0 Å². The van der Waals surface area contributed by atoms with Gasteiger partial charge in [-0.1, -0.05) is 6.42 Å². The molecule has 3 unspecified atom stereocenters. The fourth-order valence-electron chi connectivity index (χ4n) is 4.31. The Balaban J connectivity index is 1.52. The lowest BCUT2D eigenvalue weighted by Crippen LogP contribution is -2.48. The number of thiazole rings is 1. The second kappa shape index (κ2) is 5.35. The summed E-state index contributed by atoms with van der Waals surface area (Å²) in [6.45, 7) is 5.13. The minimum atomic E-state index is -0.0147. The van der Waals surface area contributed by atoms with E-state index in [0.717, 1.165) is 29.0 Å². The highest BCUT2D eigenvalue weighted by Crippen LogP contribution is 2.38. The molecule has 2 aliphatic rings. The zero-order chi connectivity index (χ0) is 15.3. The molecule has 2 aromatic heterocycles. The maximum atomic E-state index is 12.7. The lowest BCUT2D eigenvalue weighted by molar-refractivity contribution is 0.0921. The molecule has 5 nitrogen and oxygen atoms in total. The van der Waals surface area contributed by atoms with Crippen molar-refractivity contribution < 1.29 is 4.79 Å². The van der Waals surface area contributed by atoms with Crippen LogP contribution in [0.25, 0.3) is 4.96 Å². The number of fused-ring (bicyclic) bond motifs is 2. The summed E-state index contributed by atoms with van der Waals surface area (Å²) in [5, 5.41) is 8.78. The zero-order valence-corrected chi connectivity index (χ0v) is 13.8. The molecule has 0 aromatic carbocycles. The molecule has 0 radical (unpaired) electrons. The topological polar surface area (TPSA) is 58.4 Å². The van der Waals surface area contributed by atoms with Gasteiger partial charge in [0.05, 0.1) is 5.69 Å². The first-order chi connectivity index (χ1) is 10.6. The molecule has 2 aromatic rings. The molecule has 1 aliphatic carbocycles. The molecule has 6 heteroatoms. The molecule has 4 rings (SSSR count). The summed E-state index contributed by atoms with van der Waals surface area (Å²) in [5.41, 5.74) is 1.47. The first kappa shape index (κ1) is 14.2. The van der Waals surface area contributed by atoms with Crippen molar-refractivity contribution in [3.05, 3.63) is 23.0 Å². The van der Waals surface area contributed by atoms with Crippen LogP contribution in [-0.2, 0) is 0 Å². The molecular weight excluding hydrogens is 296 g/mol. The van der Waals surface area contributed by atoms with E-state index in [1.165, 1.54) is 19.3 Å². The third-order valence-electron chi connectivity index (χ3n) is 5.34. The van der Waals surface area contributed by atoms with Gasteiger partial charge in [-0.15, -0.1) is 11.3 Å². The zero-order valence-electron chi connectivity index (χ0n) is 13.0. The van der Waals surface area contributed by atoms with Crippen molar-refractivity contribution >= 4 is 22.2 Å². The van der Waals surface area contributed by atoms with Crippen LogP contribution in [0.3, 0.4) is 0 Å². The summed E-state index contributed by atoms with van der Waals surface area (Å²) in [4.78, 5) is 18.0. The van der Waals surface area contributed by atoms with Crippen LogP contribution in [0.4, 0.5) is 0 Å². The van der Waals surface area contributed by atoms with Crippen LogP contribution in [0.15, 0.2) is 11.6 Å². The van der Waals surface area contributed by atoms with Gasteiger partial charge in [-0.3, -0.25) is 9.20 Å². The molecule has 0 bridgehead atoms. The molecule has 0 spiro atoms. The van der Waals surface area contributed by atoms with Gasteiger partial charge in [0.25, 0.3) is 5.91 Å². The van der Waals surface area contributed by atoms with E-state index in [1.54, 1.807) is 11.3 Å². The van der Waals surface area contributed by atoms with Gasteiger partial charge >= 0.3 is 0 Å². The van der Waals surface area contributed by atoms with Gasteiger partial charge in [-0.05, 0) is 45.1 Å². The number of aromatic nitrogens is 2. The van der Waals surface area contributed by atoms with E-state index < -0.39 is 0 Å². The molecule has 2 fully saturated rings. The normalized spacial score (nSPS) is 28.9. The highest BCUT2D eigenvalue weighted by molar-refractivity contribution is 7.15. The predicted octanol–water partition coefficient (Wildman–Crippen LogP) is 2.21. The maximum Gasteiger partial charge on any atom is 0.270 e. The lowest BCUT2D eigenvalue weighted by Gasteiger charge is -2.26. The number of hydrogen-bond acceptors (Lipinski definition) is 4. The van der Waals surface area contributed by atoms with Crippen molar-refractivity contribution in [2.24, 2.45) is 11.8 Å². The summed E-state index contributed by atoms with van der Waals surface area (Å²) in [6.07, 6.45) is 5.89. The number of carbonyl (C=O) groups is 1. The first-order valence-electron chi connectivity index (χ1n) is 8.11. The Hall–Kier alpha value is -1.40. The van der Waals surface area contributed by atoms with E-state index in [9.17, 15) is 4.79 Å². The molecular formula is C16H22N4OS. The van der Waals surface area contributed by atoms with Gasteiger partial charge < -0.3 is 10.6 Å². The van der Waals surface area contributed by atoms with Crippen molar-refractivity contribution in [2.45, 2.75) is 45.2 Å². The molecule has 4 atom stereocenters. The van der Waals surface area contributed by atoms with Crippen LogP contribution in [0.5, 0.6) is 0 Å². The Labute approximate surface area is 134 Å². The number of imidazole rings is 1. The summed E-state index contributed by atoms with van der Waals surface area (Å²) in [6, 6.07) is 0.548. The average molecular weight is 318 g/mol. The third-order valence-corrected chi connectivity index (χ3v) is 6.10. The maximum absolute atomic E-state index is 12.7. The quantitative estimate of drug-likeness (QED) is 0.912. The van der Waals surface area contributed by atoms with Gasteiger partial charge in [0.1, 0.15) is 5.69 Å². The Morgan fingerprint density at radius 3 is 3.27 bits per heavy atom. The molecule has 2 N–H and O–H groups in total. The number of nitrogens with one attached hydrogen (secondary N) is 2. The first-order valence-corrected chi connectivity index (χ1v) is 8.99. The Bertz CT molecular complexity index is 706. The van der Waals surface area contributed by atoms with E-state index in [2.05, 4.69) is 22.5 Å². The highest BCUT2D eigenvalue weighted by Gasteiger charge is 2.41. The van der Waals surface area contributed by atoms with Gasteiger partial charge in [0.15, 0.2) is 4.96 Å². The monoisotopic (exact) mass is 318 g/mol. The molecule has 1 saturated carbocycles. The van der Waals surface area contributed by atoms with Crippen LogP contribution < -0.4 is 10.6 Å². The SMILES string of the molecule is Cc1nc2sccn2c1C(=O)N[C@@H](C)C1NCC2CCCC21. The molecule has 1 saturated heterocycles. The largest absolute Gasteiger partial charge is 0.347 e. The second-order valence-electron chi connectivity index (χ2n) is 6.65. The van der Waals surface area contributed by atoms with Crippen LogP contribution in [0.1, 0.15) is 42.4 Å². The third kappa shape index (κ3) is 2.16. The van der Waals surface area contributed by atoms with E-state index in [-0.39, 0.29) is 11.9 Å². The van der Waals surface area contributed by atoms with Crippen LogP contribution in [-0.4, -0.2) is 33.9 Å². The number of amides is 1. The van der Waals surface area contributed by atoms with Crippen LogP contribution in [0.2, 0.25) is 0 Å². The van der Waals surface area contributed by atoms with Crippen molar-refractivity contribution in [3.8, 4) is 0 Å². The number of nitrogens with zero attached hydrogens (tertiary/aromatic N) is 2. The lowest BCUT2D eigenvalue weighted by atomic mass is 9.90. The molecule has 1 amide bonds. The van der Waals surface area contributed by atoms with Gasteiger partial charge in [0.2, 0.25) is 0 Å². The summed E-state index contributed by atoms with van der Waals surface area (Å²) >= 11 is 1.56. The summed E-state index contributed by atoms with van der Waals surface area (Å²) in [5.74, 6) is 1.52. The number of carbonyl (C=O) groups excluding carboxylic acids is 1.